The highest BCUT2D eigenvalue weighted by Gasteiger charge is 2.11. The van der Waals surface area contributed by atoms with Crippen LogP contribution in [0.5, 0.6) is 5.75 Å². The SMILES string of the molecule is CNCCCNC(=O)c1cc(Br)ccc1OC. The molecule has 2 N–H and O–H groups in total. The lowest BCUT2D eigenvalue weighted by atomic mass is 10.2. The van der Waals surface area contributed by atoms with Crippen LogP contribution in [0.4, 0.5) is 0 Å². The summed E-state index contributed by atoms with van der Waals surface area (Å²) in [5.41, 5.74) is 0.548. The number of hydrogen-bond acceptors (Lipinski definition) is 3. The van der Waals surface area contributed by atoms with Crippen molar-refractivity contribution < 1.29 is 9.53 Å². The number of nitrogens with one attached hydrogen (secondary N) is 2. The fraction of sp³-hybridized carbons (Fsp3) is 0.417. The molecule has 1 aromatic carbocycles. The summed E-state index contributed by atoms with van der Waals surface area (Å²) in [4.78, 5) is 11.9. The van der Waals surface area contributed by atoms with Crippen LogP contribution in [0.15, 0.2) is 22.7 Å². The van der Waals surface area contributed by atoms with Crippen LogP contribution >= 0.6 is 15.9 Å². The molecule has 17 heavy (non-hydrogen) atoms. The van der Waals surface area contributed by atoms with Gasteiger partial charge in [-0.2, -0.15) is 0 Å². The van der Waals surface area contributed by atoms with Crippen LogP contribution in [0.1, 0.15) is 16.8 Å². The van der Waals surface area contributed by atoms with Gasteiger partial charge in [0.05, 0.1) is 12.7 Å². The maximum Gasteiger partial charge on any atom is 0.255 e. The first-order valence-corrected chi connectivity index (χ1v) is 6.24. The molecule has 1 amide bonds. The fourth-order valence-electron chi connectivity index (χ4n) is 1.42. The highest BCUT2D eigenvalue weighted by molar-refractivity contribution is 9.10. The predicted molar refractivity (Wildman–Crippen MR) is 71.6 cm³/mol. The summed E-state index contributed by atoms with van der Waals surface area (Å²) in [5.74, 6) is 0.471. The van der Waals surface area contributed by atoms with Crippen molar-refractivity contribution in [1.29, 1.82) is 0 Å². The van der Waals surface area contributed by atoms with Crippen molar-refractivity contribution in [3.63, 3.8) is 0 Å². The van der Waals surface area contributed by atoms with Crippen LogP contribution < -0.4 is 15.4 Å². The monoisotopic (exact) mass is 300 g/mol. The number of methoxy groups -OCH3 is 1. The average molecular weight is 301 g/mol. The van der Waals surface area contributed by atoms with Crippen molar-refractivity contribution in [2.45, 2.75) is 6.42 Å². The number of benzene rings is 1. The molecule has 1 rings (SSSR count). The molecule has 5 heteroatoms. The van der Waals surface area contributed by atoms with E-state index in [1.54, 1.807) is 19.2 Å². The zero-order valence-electron chi connectivity index (χ0n) is 10.0. The van der Waals surface area contributed by atoms with E-state index >= 15 is 0 Å². The van der Waals surface area contributed by atoms with Crippen molar-refractivity contribution in [1.82, 2.24) is 10.6 Å². The van der Waals surface area contributed by atoms with E-state index in [2.05, 4.69) is 26.6 Å². The average Bonchev–Trinajstić information content (AvgIpc) is 2.34. The van der Waals surface area contributed by atoms with Crippen LogP contribution in [0.3, 0.4) is 0 Å². The lowest BCUT2D eigenvalue weighted by Crippen LogP contribution is -2.26. The molecular formula is C12H17BrN2O2. The van der Waals surface area contributed by atoms with Crippen molar-refractivity contribution in [2.75, 3.05) is 27.2 Å². The number of amides is 1. The molecule has 0 aromatic heterocycles. The van der Waals surface area contributed by atoms with Crippen LogP contribution in [-0.2, 0) is 0 Å². The quantitative estimate of drug-likeness (QED) is 0.788. The number of carbonyl (C=O) groups is 1. The Morgan fingerprint density at radius 3 is 2.82 bits per heavy atom. The van der Waals surface area contributed by atoms with E-state index in [-0.39, 0.29) is 5.91 Å². The Morgan fingerprint density at radius 2 is 2.18 bits per heavy atom. The minimum Gasteiger partial charge on any atom is -0.496 e. The lowest BCUT2D eigenvalue weighted by molar-refractivity contribution is 0.0950. The third-order valence-electron chi connectivity index (χ3n) is 2.30. The molecule has 94 valence electrons. The molecule has 0 saturated carbocycles. The van der Waals surface area contributed by atoms with E-state index in [0.717, 1.165) is 17.4 Å². The molecule has 0 fully saturated rings. The number of ether oxygens (including phenoxy) is 1. The van der Waals surface area contributed by atoms with Crippen LogP contribution in [0.25, 0.3) is 0 Å². The van der Waals surface area contributed by atoms with Crippen molar-refractivity contribution in [3.8, 4) is 5.75 Å². The molecule has 0 bridgehead atoms. The van der Waals surface area contributed by atoms with Gasteiger partial charge in [-0.3, -0.25) is 4.79 Å². The van der Waals surface area contributed by atoms with Crippen molar-refractivity contribution >= 4 is 21.8 Å². The minimum absolute atomic E-state index is 0.112. The molecule has 0 aliphatic carbocycles. The molecule has 1 aromatic rings. The Balaban J connectivity index is 2.64. The summed E-state index contributed by atoms with van der Waals surface area (Å²) in [7, 11) is 3.44. The van der Waals surface area contributed by atoms with Gasteiger partial charge < -0.3 is 15.4 Å². The molecule has 0 aliphatic rings. The number of rotatable bonds is 6. The maximum absolute atomic E-state index is 11.9. The molecule has 0 spiro atoms. The van der Waals surface area contributed by atoms with Gasteiger partial charge in [0, 0.05) is 11.0 Å². The molecule has 0 unspecified atom stereocenters. The first kappa shape index (κ1) is 14.0. The predicted octanol–water partition coefficient (Wildman–Crippen LogP) is 1.80. The van der Waals surface area contributed by atoms with Gasteiger partial charge in [-0.15, -0.1) is 0 Å². The number of hydrogen-bond donors (Lipinski definition) is 2. The lowest BCUT2D eigenvalue weighted by Gasteiger charge is -2.09. The van der Waals surface area contributed by atoms with Gasteiger partial charge in [0.15, 0.2) is 0 Å². The molecular weight excluding hydrogens is 284 g/mol. The van der Waals surface area contributed by atoms with E-state index < -0.39 is 0 Å². The van der Waals surface area contributed by atoms with Gasteiger partial charge in [-0.05, 0) is 38.2 Å². The summed E-state index contributed by atoms with van der Waals surface area (Å²) in [6.07, 6.45) is 0.901. The summed E-state index contributed by atoms with van der Waals surface area (Å²) in [5, 5.41) is 5.89. The van der Waals surface area contributed by atoms with E-state index in [1.165, 1.54) is 0 Å². The first-order chi connectivity index (χ1) is 8.19. The zero-order valence-corrected chi connectivity index (χ0v) is 11.6. The Kier molecular flexibility index (Phi) is 6.00. The molecule has 0 aliphatic heterocycles. The molecule has 0 heterocycles. The highest BCUT2D eigenvalue weighted by atomic mass is 79.9. The summed E-state index contributed by atoms with van der Waals surface area (Å²) in [6, 6.07) is 5.37. The van der Waals surface area contributed by atoms with Crippen molar-refractivity contribution in [3.05, 3.63) is 28.2 Å². The largest absolute Gasteiger partial charge is 0.496 e. The Hall–Kier alpha value is -1.07. The van der Waals surface area contributed by atoms with Gasteiger partial charge >= 0.3 is 0 Å². The third-order valence-corrected chi connectivity index (χ3v) is 2.79. The smallest absolute Gasteiger partial charge is 0.255 e. The topological polar surface area (TPSA) is 50.4 Å². The Labute approximate surface area is 110 Å². The minimum atomic E-state index is -0.112. The van der Waals surface area contributed by atoms with Gasteiger partial charge in [-0.25, -0.2) is 0 Å². The molecule has 4 nitrogen and oxygen atoms in total. The van der Waals surface area contributed by atoms with Gasteiger partial charge in [0.25, 0.3) is 5.91 Å². The van der Waals surface area contributed by atoms with E-state index in [1.807, 2.05) is 13.1 Å². The van der Waals surface area contributed by atoms with Gasteiger partial charge in [0.2, 0.25) is 0 Å². The van der Waals surface area contributed by atoms with Crippen LogP contribution in [-0.4, -0.2) is 33.2 Å². The fourth-order valence-corrected chi connectivity index (χ4v) is 1.78. The van der Waals surface area contributed by atoms with E-state index in [9.17, 15) is 4.79 Å². The van der Waals surface area contributed by atoms with Crippen molar-refractivity contribution in [2.24, 2.45) is 0 Å². The third kappa shape index (κ3) is 4.36. The maximum atomic E-state index is 11.9. The van der Waals surface area contributed by atoms with Gasteiger partial charge in [-0.1, -0.05) is 15.9 Å². The second-order valence-corrected chi connectivity index (χ2v) is 4.47. The number of carbonyl (C=O) groups excluding carboxylic acids is 1. The first-order valence-electron chi connectivity index (χ1n) is 5.45. The number of halogens is 1. The molecule has 0 atom stereocenters. The molecule has 0 saturated heterocycles. The van der Waals surface area contributed by atoms with E-state index in [4.69, 9.17) is 4.74 Å². The summed E-state index contributed by atoms with van der Waals surface area (Å²) in [6.45, 7) is 1.53. The van der Waals surface area contributed by atoms with Gasteiger partial charge in [0.1, 0.15) is 5.75 Å². The highest BCUT2D eigenvalue weighted by Crippen LogP contribution is 2.22. The Morgan fingerprint density at radius 1 is 1.41 bits per heavy atom. The standard InChI is InChI=1S/C12H17BrN2O2/c1-14-6-3-7-15-12(16)10-8-9(13)4-5-11(10)17-2/h4-5,8,14H,3,6-7H2,1-2H3,(H,15,16). The normalized spacial score (nSPS) is 10.1. The van der Waals surface area contributed by atoms with Crippen LogP contribution in [0, 0.1) is 0 Å². The second-order valence-electron chi connectivity index (χ2n) is 3.56. The Bertz CT molecular complexity index is 383. The second kappa shape index (κ2) is 7.29. The van der Waals surface area contributed by atoms with Crippen LogP contribution in [0.2, 0.25) is 0 Å². The van der Waals surface area contributed by atoms with E-state index in [0.29, 0.717) is 17.9 Å². The molecule has 0 radical (unpaired) electrons. The summed E-state index contributed by atoms with van der Waals surface area (Å²) >= 11 is 3.34. The zero-order chi connectivity index (χ0) is 12.7. The summed E-state index contributed by atoms with van der Waals surface area (Å²) < 4.78 is 6.01.